The highest BCUT2D eigenvalue weighted by atomic mass is 16.5. The zero-order chi connectivity index (χ0) is 26.6. The number of fused-ring (bicyclic) bond motifs is 1. The molecule has 0 unspecified atom stereocenters. The van der Waals surface area contributed by atoms with Crippen LogP contribution < -0.4 is 25.8 Å². The topological polar surface area (TPSA) is 101 Å². The Balaban J connectivity index is 1.19. The lowest BCUT2D eigenvalue weighted by molar-refractivity contribution is 0.102. The molecule has 39 heavy (non-hydrogen) atoms. The number of rotatable bonds is 6. The highest BCUT2D eigenvalue weighted by Gasteiger charge is 2.15. The number of aromatic nitrogens is 3. The van der Waals surface area contributed by atoms with Gasteiger partial charge in [0.2, 0.25) is 0 Å². The lowest BCUT2D eigenvalue weighted by Crippen LogP contribution is -2.43. The quantitative estimate of drug-likeness (QED) is 0.347. The summed E-state index contributed by atoms with van der Waals surface area (Å²) in [6.45, 7) is 3.63. The minimum atomic E-state index is -0.480. The predicted molar refractivity (Wildman–Crippen MR) is 151 cm³/mol. The van der Waals surface area contributed by atoms with Crippen molar-refractivity contribution >= 4 is 28.3 Å². The summed E-state index contributed by atoms with van der Waals surface area (Å²) in [5.74, 6) is 1.69. The van der Waals surface area contributed by atoms with Crippen LogP contribution in [0.3, 0.4) is 0 Å². The van der Waals surface area contributed by atoms with E-state index in [0.29, 0.717) is 22.9 Å². The summed E-state index contributed by atoms with van der Waals surface area (Å²) in [6, 6.07) is 23.3. The van der Waals surface area contributed by atoms with Gasteiger partial charge in [-0.1, -0.05) is 18.2 Å². The van der Waals surface area contributed by atoms with Gasteiger partial charge in [0.25, 0.3) is 11.5 Å². The summed E-state index contributed by atoms with van der Waals surface area (Å²) in [7, 11) is 0. The molecule has 1 saturated heterocycles. The van der Waals surface area contributed by atoms with E-state index in [0.717, 1.165) is 42.9 Å². The Labute approximate surface area is 224 Å². The molecule has 3 aromatic heterocycles. The maximum Gasteiger partial charge on any atom is 0.267 e. The van der Waals surface area contributed by atoms with Gasteiger partial charge in [0.15, 0.2) is 0 Å². The van der Waals surface area contributed by atoms with E-state index in [-0.39, 0.29) is 11.1 Å². The standard InChI is InChI=1S/C30H26N6O3/c37-29(24-7-4-16-36(30(24)38)22-5-2-1-3-6-22)34-21-8-10-23(11-9-21)39-27-12-13-32-26-20-33-28(19-25(26)27)35-17-14-31-15-18-35/h1-13,16,19-20,31H,14-15,17-18H2,(H,34,37). The van der Waals surface area contributed by atoms with E-state index in [1.54, 1.807) is 48.9 Å². The second-order valence-electron chi connectivity index (χ2n) is 9.12. The molecule has 1 aliphatic heterocycles. The van der Waals surface area contributed by atoms with Gasteiger partial charge in [-0.2, -0.15) is 0 Å². The third-order valence-electron chi connectivity index (χ3n) is 6.58. The molecular weight excluding hydrogens is 492 g/mol. The molecule has 0 atom stereocenters. The van der Waals surface area contributed by atoms with Gasteiger partial charge >= 0.3 is 0 Å². The number of nitrogens with one attached hydrogen (secondary N) is 2. The van der Waals surface area contributed by atoms with Crippen molar-refractivity contribution in [1.82, 2.24) is 19.9 Å². The van der Waals surface area contributed by atoms with Crippen molar-refractivity contribution in [3.63, 3.8) is 0 Å². The Kier molecular flexibility index (Phi) is 6.71. The SMILES string of the molecule is O=C(Nc1ccc(Oc2ccnc3cnc(N4CCNCC4)cc23)cc1)c1cccn(-c2ccccc2)c1=O. The van der Waals surface area contributed by atoms with Crippen LogP contribution in [0.2, 0.25) is 0 Å². The number of amides is 1. The molecule has 4 heterocycles. The van der Waals surface area contributed by atoms with Crippen molar-refractivity contribution in [3.05, 3.63) is 113 Å². The Bertz CT molecular complexity index is 1680. The molecule has 0 spiro atoms. The maximum atomic E-state index is 13.0. The Morgan fingerprint density at radius 3 is 2.51 bits per heavy atom. The number of pyridine rings is 3. The maximum absolute atomic E-state index is 13.0. The number of piperazine rings is 1. The number of para-hydroxylation sites is 1. The fraction of sp³-hybridized carbons (Fsp3) is 0.133. The van der Waals surface area contributed by atoms with E-state index < -0.39 is 5.91 Å². The van der Waals surface area contributed by atoms with Gasteiger partial charge in [0.1, 0.15) is 22.9 Å². The molecular formula is C30H26N6O3. The number of carbonyl (C=O) groups excluding carboxylic acids is 1. The van der Waals surface area contributed by atoms with Crippen LogP contribution >= 0.6 is 0 Å². The van der Waals surface area contributed by atoms with Crippen molar-refractivity contribution in [2.75, 3.05) is 36.4 Å². The lowest BCUT2D eigenvalue weighted by atomic mass is 10.2. The van der Waals surface area contributed by atoms with E-state index in [9.17, 15) is 9.59 Å². The predicted octanol–water partition coefficient (Wildman–Crippen LogP) is 4.23. The highest BCUT2D eigenvalue weighted by molar-refractivity contribution is 6.04. The number of anilines is 2. The van der Waals surface area contributed by atoms with Gasteiger partial charge < -0.3 is 20.3 Å². The van der Waals surface area contributed by atoms with E-state index in [1.807, 2.05) is 42.5 Å². The van der Waals surface area contributed by atoms with Crippen molar-refractivity contribution in [2.24, 2.45) is 0 Å². The Morgan fingerprint density at radius 2 is 1.72 bits per heavy atom. The monoisotopic (exact) mass is 518 g/mol. The minimum absolute atomic E-state index is 0.0545. The second-order valence-corrected chi connectivity index (χ2v) is 9.12. The van der Waals surface area contributed by atoms with Gasteiger partial charge in [-0.25, -0.2) is 4.98 Å². The average molecular weight is 519 g/mol. The lowest BCUT2D eigenvalue weighted by Gasteiger charge is -2.28. The molecule has 9 heteroatoms. The molecule has 1 amide bonds. The number of hydrogen-bond acceptors (Lipinski definition) is 7. The summed E-state index contributed by atoms with van der Waals surface area (Å²) in [6.07, 6.45) is 5.11. The summed E-state index contributed by atoms with van der Waals surface area (Å²) < 4.78 is 7.65. The van der Waals surface area contributed by atoms with Crippen LogP contribution in [0.25, 0.3) is 16.6 Å². The fourth-order valence-corrected chi connectivity index (χ4v) is 4.56. The smallest absolute Gasteiger partial charge is 0.267 e. The molecule has 2 aromatic carbocycles. The molecule has 5 aromatic rings. The number of carbonyl (C=O) groups is 1. The van der Waals surface area contributed by atoms with Crippen molar-refractivity contribution in [3.8, 4) is 17.2 Å². The molecule has 0 saturated carbocycles. The first kappa shape index (κ1) is 24.3. The van der Waals surface area contributed by atoms with Gasteiger partial charge in [-0.15, -0.1) is 0 Å². The first-order valence-electron chi connectivity index (χ1n) is 12.7. The van der Waals surface area contributed by atoms with Gasteiger partial charge in [-0.3, -0.25) is 19.1 Å². The van der Waals surface area contributed by atoms with Crippen molar-refractivity contribution in [1.29, 1.82) is 0 Å². The van der Waals surface area contributed by atoms with Crippen LogP contribution in [0, 0.1) is 0 Å². The molecule has 6 rings (SSSR count). The van der Waals surface area contributed by atoms with E-state index >= 15 is 0 Å². The zero-order valence-electron chi connectivity index (χ0n) is 21.1. The second kappa shape index (κ2) is 10.8. The van der Waals surface area contributed by atoms with Gasteiger partial charge in [0, 0.05) is 55.3 Å². The summed E-state index contributed by atoms with van der Waals surface area (Å²) in [4.78, 5) is 37.1. The molecule has 0 aliphatic carbocycles. The summed E-state index contributed by atoms with van der Waals surface area (Å²) in [5, 5.41) is 7.03. The minimum Gasteiger partial charge on any atom is -0.457 e. The van der Waals surface area contributed by atoms with Crippen molar-refractivity contribution in [2.45, 2.75) is 0 Å². The summed E-state index contributed by atoms with van der Waals surface area (Å²) in [5.41, 5.74) is 1.66. The van der Waals surface area contributed by atoms with E-state index in [4.69, 9.17) is 4.74 Å². The van der Waals surface area contributed by atoms with Crippen LogP contribution in [0.15, 0.2) is 102 Å². The molecule has 9 nitrogen and oxygen atoms in total. The van der Waals surface area contributed by atoms with Crippen LogP contribution in [-0.2, 0) is 0 Å². The average Bonchev–Trinajstić information content (AvgIpc) is 2.99. The van der Waals surface area contributed by atoms with Crippen molar-refractivity contribution < 1.29 is 9.53 Å². The number of nitrogens with zero attached hydrogens (tertiary/aromatic N) is 4. The molecule has 0 bridgehead atoms. The number of ether oxygens (including phenoxy) is 1. The molecule has 1 fully saturated rings. The molecule has 0 radical (unpaired) electrons. The normalized spacial score (nSPS) is 13.3. The zero-order valence-corrected chi connectivity index (χ0v) is 21.1. The summed E-state index contributed by atoms with van der Waals surface area (Å²) >= 11 is 0. The Morgan fingerprint density at radius 1 is 0.923 bits per heavy atom. The Hall–Kier alpha value is -5.02. The van der Waals surface area contributed by atoms with Gasteiger partial charge in [-0.05, 0) is 60.7 Å². The third kappa shape index (κ3) is 5.21. The fourth-order valence-electron chi connectivity index (χ4n) is 4.56. The largest absolute Gasteiger partial charge is 0.457 e. The van der Waals surface area contributed by atoms with E-state index in [1.165, 1.54) is 10.6 Å². The molecule has 2 N–H and O–H groups in total. The first-order valence-corrected chi connectivity index (χ1v) is 12.7. The highest BCUT2D eigenvalue weighted by Crippen LogP contribution is 2.31. The van der Waals surface area contributed by atoms with Crippen LogP contribution in [0.1, 0.15) is 10.4 Å². The number of hydrogen-bond donors (Lipinski definition) is 2. The first-order chi connectivity index (χ1) is 19.2. The van der Waals surface area contributed by atoms with Crippen LogP contribution in [0.5, 0.6) is 11.5 Å². The number of benzene rings is 2. The molecule has 1 aliphatic rings. The molecule has 194 valence electrons. The van der Waals surface area contributed by atoms with Gasteiger partial charge in [0.05, 0.1) is 11.7 Å². The van der Waals surface area contributed by atoms with E-state index in [2.05, 4.69) is 25.5 Å². The third-order valence-corrected chi connectivity index (χ3v) is 6.58. The van der Waals surface area contributed by atoms with Crippen LogP contribution in [-0.4, -0.2) is 46.6 Å². The van der Waals surface area contributed by atoms with Crippen LogP contribution in [0.4, 0.5) is 11.5 Å².